The molecule has 3 rings (SSSR count). The lowest BCUT2D eigenvalue weighted by Gasteiger charge is -2.20. The number of hydrogen-bond donors (Lipinski definition) is 1. The highest BCUT2D eigenvalue weighted by atomic mass is 35.5. The topological polar surface area (TPSA) is 44.7 Å². The van der Waals surface area contributed by atoms with E-state index in [1.54, 1.807) is 17.8 Å². The summed E-state index contributed by atoms with van der Waals surface area (Å²) < 4.78 is 13.8. The van der Waals surface area contributed by atoms with E-state index in [1.807, 2.05) is 43.1 Å². The molecule has 1 heterocycles. The second-order valence-electron chi connectivity index (χ2n) is 6.18. The van der Waals surface area contributed by atoms with E-state index in [4.69, 9.17) is 11.6 Å². The molecule has 26 heavy (non-hydrogen) atoms. The highest BCUT2D eigenvalue weighted by Crippen LogP contribution is 2.28. The molecule has 2 aromatic carbocycles. The molecule has 2 aromatic rings. The number of amidine groups is 1. The minimum Gasteiger partial charge on any atom is -0.350 e. The van der Waals surface area contributed by atoms with Crippen molar-refractivity contribution < 1.29 is 9.18 Å². The summed E-state index contributed by atoms with van der Waals surface area (Å²) in [6, 6.07) is 12.2. The van der Waals surface area contributed by atoms with Crippen LogP contribution in [0.5, 0.6) is 0 Å². The molecule has 0 radical (unpaired) electrons. The second kappa shape index (κ2) is 8.10. The summed E-state index contributed by atoms with van der Waals surface area (Å²) in [5.74, 6) is -0.0144. The molecular formula is C19H19ClFN3OS. The lowest BCUT2D eigenvalue weighted by Crippen LogP contribution is -2.33. The van der Waals surface area contributed by atoms with E-state index in [-0.39, 0.29) is 24.1 Å². The maximum atomic E-state index is 13.8. The number of aliphatic imine (C=N–C) groups is 1. The van der Waals surface area contributed by atoms with Crippen LogP contribution in [0.25, 0.3) is 0 Å². The van der Waals surface area contributed by atoms with Gasteiger partial charge in [0.1, 0.15) is 5.82 Å². The van der Waals surface area contributed by atoms with Crippen LogP contribution in [-0.4, -0.2) is 34.8 Å². The Bertz CT molecular complexity index is 841. The highest BCUT2D eigenvalue weighted by Gasteiger charge is 2.29. The average Bonchev–Trinajstić information content (AvgIpc) is 2.93. The summed E-state index contributed by atoms with van der Waals surface area (Å²) in [6.45, 7) is 2.03. The van der Waals surface area contributed by atoms with Crippen LogP contribution in [0.4, 0.5) is 15.8 Å². The molecule has 1 aliphatic heterocycles. The van der Waals surface area contributed by atoms with Gasteiger partial charge in [-0.1, -0.05) is 41.1 Å². The number of nitrogens with one attached hydrogen (secondary N) is 1. The van der Waals surface area contributed by atoms with Gasteiger partial charge >= 0.3 is 0 Å². The number of halogens is 2. The summed E-state index contributed by atoms with van der Waals surface area (Å²) in [6.07, 6.45) is 0.262. The van der Waals surface area contributed by atoms with Gasteiger partial charge in [-0.05, 0) is 37.3 Å². The Labute approximate surface area is 161 Å². The Balaban J connectivity index is 1.62. The fraction of sp³-hybridized carbons (Fsp3) is 0.263. The molecular weight excluding hydrogens is 373 g/mol. The lowest BCUT2D eigenvalue weighted by molar-refractivity contribution is -0.116. The van der Waals surface area contributed by atoms with Crippen LogP contribution in [0.1, 0.15) is 12.0 Å². The summed E-state index contributed by atoms with van der Waals surface area (Å²) in [5.41, 5.74) is 2.21. The van der Waals surface area contributed by atoms with Gasteiger partial charge in [-0.3, -0.25) is 4.79 Å². The van der Waals surface area contributed by atoms with Crippen LogP contribution in [0.15, 0.2) is 47.5 Å². The van der Waals surface area contributed by atoms with Crippen molar-refractivity contribution in [2.75, 3.05) is 18.1 Å². The molecule has 1 atom stereocenters. The van der Waals surface area contributed by atoms with Gasteiger partial charge in [0.2, 0.25) is 5.91 Å². The Hall–Kier alpha value is -2.05. The first-order valence-corrected chi connectivity index (χ1v) is 9.54. The van der Waals surface area contributed by atoms with Crippen LogP contribution in [0.2, 0.25) is 5.02 Å². The van der Waals surface area contributed by atoms with Crippen molar-refractivity contribution in [3.63, 3.8) is 0 Å². The molecule has 1 saturated heterocycles. The Kier molecular flexibility index (Phi) is 5.84. The van der Waals surface area contributed by atoms with E-state index in [9.17, 15) is 9.18 Å². The third-order valence-electron chi connectivity index (χ3n) is 4.14. The third kappa shape index (κ3) is 4.56. The summed E-state index contributed by atoms with van der Waals surface area (Å²) >= 11 is 7.34. The van der Waals surface area contributed by atoms with Gasteiger partial charge in [0.15, 0.2) is 5.17 Å². The van der Waals surface area contributed by atoms with Crippen molar-refractivity contribution in [1.29, 1.82) is 0 Å². The van der Waals surface area contributed by atoms with Crippen LogP contribution in [0.3, 0.4) is 0 Å². The van der Waals surface area contributed by atoms with Crippen molar-refractivity contribution in [3.8, 4) is 0 Å². The Morgan fingerprint density at radius 1 is 1.35 bits per heavy atom. The average molecular weight is 392 g/mol. The van der Waals surface area contributed by atoms with Gasteiger partial charge in [0.05, 0.1) is 11.4 Å². The molecule has 0 saturated carbocycles. The van der Waals surface area contributed by atoms with Crippen LogP contribution in [-0.2, 0) is 4.79 Å². The van der Waals surface area contributed by atoms with Crippen molar-refractivity contribution in [1.82, 2.24) is 4.90 Å². The molecule has 1 unspecified atom stereocenters. The first kappa shape index (κ1) is 18.7. The number of carbonyl (C=O) groups is 1. The van der Waals surface area contributed by atoms with Gasteiger partial charge in [-0.25, -0.2) is 9.38 Å². The van der Waals surface area contributed by atoms with Crippen molar-refractivity contribution in [2.45, 2.75) is 19.4 Å². The van der Waals surface area contributed by atoms with Gasteiger partial charge in [-0.15, -0.1) is 0 Å². The van der Waals surface area contributed by atoms with E-state index in [0.717, 1.165) is 16.6 Å². The minimum atomic E-state index is -0.540. The molecule has 0 spiro atoms. The van der Waals surface area contributed by atoms with Crippen LogP contribution < -0.4 is 5.32 Å². The van der Waals surface area contributed by atoms with Crippen LogP contribution in [0, 0.1) is 12.7 Å². The molecule has 0 aliphatic carbocycles. The molecule has 0 aromatic heterocycles. The maximum Gasteiger partial charge on any atom is 0.226 e. The number of thioether (sulfide) groups is 1. The molecule has 1 amide bonds. The SMILES string of the molecule is Cc1ccc(N=C2SCC(CC(=O)Nc3ccc(Cl)cc3F)N2C)cc1. The minimum absolute atomic E-state index is 0.0135. The molecule has 1 N–H and O–H groups in total. The number of aryl methyl sites for hydroxylation is 1. The summed E-state index contributed by atoms with van der Waals surface area (Å²) in [5, 5.41) is 3.78. The normalized spacial score (nSPS) is 18.4. The molecule has 7 heteroatoms. The molecule has 136 valence electrons. The Morgan fingerprint density at radius 3 is 2.77 bits per heavy atom. The number of carbonyl (C=O) groups excluding carboxylic acids is 1. The van der Waals surface area contributed by atoms with Gasteiger partial charge < -0.3 is 10.2 Å². The highest BCUT2D eigenvalue weighted by molar-refractivity contribution is 8.14. The number of amides is 1. The van der Waals surface area contributed by atoms with Gasteiger partial charge in [0.25, 0.3) is 0 Å². The summed E-state index contributed by atoms with van der Waals surface area (Å²) in [7, 11) is 1.92. The number of nitrogens with zero attached hydrogens (tertiary/aromatic N) is 2. The number of hydrogen-bond acceptors (Lipinski definition) is 3. The van der Waals surface area contributed by atoms with Crippen molar-refractivity contribution >= 4 is 45.8 Å². The fourth-order valence-electron chi connectivity index (χ4n) is 2.58. The standard InChI is InChI=1S/C19H19ClFN3OS/c1-12-3-6-14(7-4-12)22-19-24(2)15(11-26-19)10-18(25)23-17-8-5-13(20)9-16(17)21/h3-9,15H,10-11H2,1-2H3,(H,23,25). The first-order valence-electron chi connectivity index (χ1n) is 8.18. The molecule has 0 bridgehead atoms. The zero-order valence-corrected chi connectivity index (χ0v) is 16.1. The maximum absolute atomic E-state index is 13.8. The smallest absolute Gasteiger partial charge is 0.226 e. The number of rotatable bonds is 4. The van der Waals surface area contributed by atoms with Crippen LogP contribution >= 0.6 is 23.4 Å². The van der Waals surface area contributed by atoms with Crippen molar-refractivity contribution in [3.05, 3.63) is 58.9 Å². The van der Waals surface area contributed by atoms with E-state index < -0.39 is 5.82 Å². The summed E-state index contributed by atoms with van der Waals surface area (Å²) in [4.78, 5) is 18.9. The van der Waals surface area contributed by atoms with E-state index in [1.165, 1.54) is 17.7 Å². The Morgan fingerprint density at radius 2 is 2.08 bits per heavy atom. The molecule has 4 nitrogen and oxygen atoms in total. The second-order valence-corrected chi connectivity index (χ2v) is 7.61. The zero-order valence-electron chi connectivity index (χ0n) is 14.5. The first-order chi connectivity index (χ1) is 12.4. The van der Waals surface area contributed by atoms with Gasteiger partial charge in [0, 0.05) is 30.3 Å². The quantitative estimate of drug-likeness (QED) is 0.810. The predicted molar refractivity (Wildman–Crippen MR) is 107 cm³/mol. The molecule has 1 aliphatic rings. The van der Waals surface area contributed by atoms with E-state index >= 15 is 0 Å². The third-order valence-corrected chi connectivity index (χ3v) is 5.56. The largest absolute Gasteiger partial charge is 0.350 e. The lowest BCUT2D eigenvalue weighted by atomic mass is 10.2. The monoisotopic (exact) mass is 391 g/mol. The predicted octanol–water partition coefficient (Wildman–Crippen LogP) is 4.85. The zero-order chi connectivity index (χ0) is 18.7. The van der Waals surface area contributed by atoms with E-state index in [0.29, 0.717) is 5.02 Å². The van der Waals surface area contributed by atoms with E-state index in [2.05, 4.69) is 10.3 Å². The fourth-order valence-corrected chi connectivity index (χ4v) is 3.95. The molecule has 1 fully saturated rings. The number of benzene rings is 2. The number of anilines is 1. The van der Waals surface area contributed by atoms with Gasteiger partial charge in [-0.2, -0.15) is 0 Å². The van der Waals surface area contributed by atoms with Crippen molar-refractivity contribution in [2.24, 2.45) is 4.99 Å².